The predicted molar refractivity (Wildman–Crippen MR) is 148 cm³/mol. The van der Waals surface area contributed by atoms with E-state index >= 15 is 0 Å². The molecule has 4 aliphatic heterocycles. The highest BCUT2D eigenvalue weighted by molar-refractivity contribution is 6.34. The van der Waals surface area contributed by atoms with Crippen molar-refractivity contribution in [3.05, 3.63) is 82.7 Å². The molecule has 2 fully saturated rings. The maximum absolute atomic E-state index is 12.1. The molecule has 4 heterocycles. The Balaban J connectivity index is 0.000000155. The number of morpholine rings is 2. The molecule has 2 amide bonds. The quantitative estimate of drug-likeness (QED) is 0.596. The largest absolute Gasteiger partial charge is 0.378 e. The summed E-state index contributed by atoms with van der Waals surface area (Å²) >= 11 is 6.15. The van der Waals surface area contributed by atoms with Crippen LogP contribution in [0.2, 0.25) is 5.02 Å². The minimum atomic E-state index is -0.00501. The van der Waals surface area contributed by atoms with Crippen molar-refractivity contribution in [2.45, 2.75) is 6.92 Å². The van der Waals surface area contributed by atoms with Crippen LogP contribution in [-0.4, -0.2) is 87.3 Å². The minimum Gasteiger partial charge on any atom is -0.378 e. The second-order valence-electron chi connectivity index (χ2n) is 9.61. The zero-order chi connectivity index (χ0) is 26.5. The number of halogens is 1. The molecule has 200 valence electrons. The molecule has 0 atom stereocenters. The van der Waals surface area contributed by atoms with E-state index in [4.69, 9.17) is 21.1 Å². The van der Waals surface area contributed by atoms with Crippen LogP contribution in [0.3, 0.4) is 0 Å². The fourth-order valence-electron chi connectivity index (χ4n) is 4.98. The third kappa shape index (κ3) is 6.04. The first-order valence-electron chi connectivity index (χ1n) is 13.0. The third-order valence-corrected chi connectivity index (χ3v) is 7.36. The molecule has 4 aliphatic rings. The Kier molecular flexibility index (Phi) is 8.32. The molecule has 0 saturated carbocycles. The Morgan fingerprint density at radius 2 is 1.26 bits per heavy atom. The fourth-order valence-corrected chi connectivity index (χ4v) is 5.22. The molecule has 2 aromatic carbocycles. The summed E-state index contributed by atoms with van der Waals surface area (Å²) < 4.78 is 10.7. The average molecular weight is 537 g/mol. The number of aryl methyl sites for hydroxylation is 1. The summed E-state index contributed by atoms with van der Waals surface area (Å²) in [5.41, 5.74) is 5.08. The Labute approximate surface area is 228 Å². The minimum absolute atomic E-state index is 0.00501. The van der Waals surface area contributed by atoms with E-state index in [2.05, 4.69) is 9.80 Å². The molecular weight excluding hydrogens is 504 g/mol. The number of anilines is 2. The summed E-state index contributed by atoms with van der Waals surface area (Å²) in [6, 6.07) is 15.5. The Morgan fingerprint density at radius 3 is 1.84 bits per heavy atom. The van der Waals surface area contributed by atoms with Crippen molar-refractivity contribution in [3.8, 4) is 0 Å². The molecule has 8 nitrogen and oxygen atoms in total. The van der Waals surface area contributed by atoms with Gasteiger partial charge in [-0.25, -0.2) is 0 Å². The van der Waals surface area contributed by atoms with Gasteiger partial charge in [0, 0.05) is 55.4 Å². The number of hydrogen-bond donors (Lipinski definition) is 0. The van der Waals surface area contributed by atoms with E-state index in [9.17, 15) is 9.59 Å². The van der Waals surface area contributed by atoms with Gasteiger partial charge in [0.05, 0.1) is 50.2 Å². The van der Waals surface area contributed by atoms with Crippen LogP contribution in [0.25, 0.3) is 0 Å². The molecule has 0 spiro atoms. The highest BCUT2D eigenvalue weighted by Crippen LogP contribution is 2.30. The van der Waals surface area contributed by atoms with Gasteiger partial charge in [0.1, 0.15) is 0 Å². The molecular formula is C29H33ClN4O4. The number of benzene rings is 2. The van der Waals surface area contributed by atoms with Gasteiger partial charge in [-0.15, -0.1) is 0 Å². The lowest BCUT2D eigenvalue weighted by Crippen LogP contribution is -2.37. The second-order valence-corrected chi connectivity index (χ2v) is 10.0. The van der Waals surface area contributed by atoms with Crippen molar-refractivity contribution in [1.82, 2.24) is 9.80 Å². The number of para-hydroxylation sites is 1. The van der Waals surface area contributed by atoms with Crippen LogP contribution in [0.15, 0.2) is 72.1 Å². The molecule has 0 aromatic heterocycles. The summed E-state index contributed by atoms with van der Waals surface area (Å²) in [7, 11) is 0. The lowest BCUT2D eigenvalue weighted by Gasteiger charge is -2.30. The normalized spacial score (nSPS) is 19.8. The molecule has 6 rings (SSSR count). The molecule has 0 unspecified atom stereocenters. The van der Waals surface area contributed by atoms with Gasteiger partial charge in [0.15, 0.2) is 0 Å². The SMILES string of the molecule is Cc1cccc(N2CC(N3CCOCC3)=CC2=O)c1.O=C1C=C(N2CCOCC2)CN1c1ccccc1Cl. The van der Waals surface area contributed by atoms with E-state index in [0.29, 0.717) is 18.1 Å². The van der Waals surface area contributed by atoms with Crippen LogP contribution in [0.1, 0.15) is 5.56 Å². The number of hydrogen-bond acceptors (Lipinski definition) is 6. The van der Waals surface area contributed by atoms with Gasteiger partial charge >= 0.3 is 0 Å². The van der Waals surface area contributed by atoms with Gasteiger partial charge in [-0.05, 0) is 36.8 Å². The van der Waals surface area contributed by atoms with Crippen LogP contribution in [0.4, 0.5) is 11.4 Å². The van der Waals surface area contributed by atoms with Gasteiger partial charge in [0.25, 0.3) is 11.8 Å². The molecule has 2 saturated heterocycles. The van der Waals surface area contributed by atoms with Crippen molar-refractivity contribution in [1.29, 1.82) is 0 Å². The molecule has 0 N–H and O–H groups in total. The van der Waals surface area contributed by atoms with E-state index in [1.807, 2.05) is 54.3 Å². The number of rotatable bonds is 4. The van der Waals surface area contributed by atoms with E-state index in [1.54, 1.807) is 23.1 Å². The highest BCUT2D eigenvalue weighted by Gasteiger charge is 2.29. The number of amides is 2. The number of carbonyl (C=O) groups is 2. The molecule has 0 aliphatic carbocycles. The fraction of sp³-hybridized carbons (Fsp3) is 0.379. The summed E-state index contributed by atoms with van der Waals surface area (Å²) in [4.78, 5) is 32.2. The van der Waals surface area contributed by atoms with E-state index in [0.717, 1.165) is 75.4 Å². The van der Waals surface area contributed by atoms with Crippen molar-refractivity contribution in [2.24, 2.45) is 0 Å². The van der Waals surface area contributed by atoms with Crippen LogP contribution >= 0.6 is 11.6 Å². The molecule has 2 aromatic rings. The highest BCUT2D eigenvalue weighted by atomic mass is 35.5. The summed E-state index contributed by atoms with van der Waals surface area (Å²) in [6.45, 7) is 9.67. The van der Waals surface area contributed by atoms with Gasteiger partial charge in [0.2, 0.25) is 0 Å². The number of carbonyl (C=O) groups excluding carboxylic acids is 2. The van der Waals surface area contributed by atoms with Crippen LogP contribution < -0.4 is 9.80 Å². The van der Waals surface area contributed by atoms with Gasteiger partial charge in [-0.2, -0.15) is 0 Å². The Bertz CT molecular complexity index is 1230. The first-order chi connectivity index (χ1) is 18.5. The number of nitrogens with zero attached hydrogens (tertiary/aromatic N) is 4. The van der Waals surface area contributed by atoms with Crippen molar-refractivity contribution < 1.29 is 19.1 Å². The van der Waals surface area contributed by atoms with Crippen molar-refractivity contribution in [3.63, 3.8) is 0 Å². The zero-order valence-electron chi connectivity index (χ0n) is 21.6. The third-order valence-electron chi connectivity index (χ3n) is 7.04. The lowest BCUT2D eigenvalue weighted by atomic mass is 10.2. The summed E-state index contributed by atoms with van der Waals surface area (Å²) in [5, 5.41) is 0.604. The zero-order valence-corrected chi connectivity index (χ0v) is 22.4. The summed E-state index contributed by atoms with van der Waals surface area (Å²) in [5.74, 6) is 0.0710. The topological polar surface area (TPSA) is 65.6 Å². The lowest BCUT2D eigenvalue weighted by molar-refractivity contribution is -0.114. The Hall–Kier alpha value is -3.33. The van der Waals surface area contributed by atoms with E-state index < -0.39 is 0 Å². The summed E-state index contributed by atoms with van der Waals surface area (Å²) in [6.07, 6.45) is 3.46. The molecule has 0 bridgehead atoms. The Morgan fingerprint density at radius 1 is 0.711 bits per heavy atom. The molecule has 9 heteroatoms. The monoisotopic (exact) mass is 536 g/mol. The predicted octanol–water partition coefficient (Wildman–Crippen LogP) is 3.46. The van der Waals surface area contributed by atoms with E-state index in [-0.39, 0.29) is 11.8 Å². The van der Waals surface area contributed by atoms with Crippen LogP contribution in [-0.2, 0) is 19.1 Å². The molecule has 38 heavy (non-hydrogen) atoms. The number of ether oxygens (including phenoxy) is 2. The molecule has 0 radical (unpaired) electrons. The van der Waals surface area contributed by atoms with Crippen molar-refractivity contribution >= 4 is 34.8 Å². The van der Waals surface area contributed by atoms with Gasteiger partial charge < -0.3 is 29.1 Å². The standard InChI is InChI=1S/C15H18N2O2.C14H15ClN2O2/c1-12-3-2-4-13(9-12)17-11-14(10-15(17)18)16-5-7-19-8-6-16;15-12-3-1-2-4-13(12)17-10-11(9-14(17)18)16-5-7-19-8-6-16/h2-4,9-10H,5-8,11H2,1H3;1-4,9H,5-8,10H2. The smallest absolute Gasteiger partial charge is 0.253 e. The van der Waals surface area contributed by atoms with Crippen LogP contribution in [0, 0.1) is 6.92 Å². The first-order valence-corrected chi connectivity index (χ1v) is 13.4. The second kappa shape index (κ2) is 12.0. The average Bonchev–Trinajstić information content (AvgIpc) is 3.53. The van der Waals surface area contributed by atoms with Gasteiger partial charge in [-0.1, -0.05) is 35.9 Å². The maximum Gasteiger partial charge on any atom is 0.253 e. The van der Waals surface area contributed by atoms with E-state index in [1.165, 1.54) is 5.56 Å². The van der Waals surface area contributed by atoms with Gasteiger partial charge in [-0.3, -0.25) is 9.59 Å². The maximum atomic E-state index is 12.1. The van der Waals surface area contributed by atoms with Crippen LogP contribution in [0.5, 0.6) is 0 Å². The first kappa shape index (κ1) is 26.3. The van der Waals surface area contributed by atoms with Crippen molar-refractivity contribution in [2.75, 3.05) is 75.5 Å².